The summed E-state index contributed by atoms with van der Waals surface area (Å²) >= 11 is 6.25. The second-order valence-electron chi connectivity index (χ2n) is 8.18. The van der Waals surface area contributed by atoms with Gasteiger partial charge in [0.25, 0.3) is 0 Å². The zero-order valence-electron chi connectivity index (χ0n) is 18.5. The van der Waals surface area contributed by atoms with Crippen LogP contribution in [0.15, 0.2) is 42.5 Å². The van der Waals surface area contributed by atoms with Crippen molar-refractivity contribution in [2.45, 2.75) is 13.3 Å². The van der Waals surface area contributed by atoms with Crippen LogP contribution in [0.1, 0.15) is 13.3 Å². The van der Waals surface area contributed by atoms with Gasteiger partial charge >= 0.3 is 0 Å². The highest BCUT2D eigenvalue weighted by molar-refractivity contribution is 6.31. The average Bonchev–Trinajstić information content (AvgIpc) is 3.21. The first-order valence-corrected chi connectivity index (χ1v) is 11.4. The number of rotatable bonds is 6. The number of halogens is 1. The normalized spacial score (nSPS) is 19.3. The van der Waals surface area contributed by atoms with E-state index in [0.717, 1.165) is 44.1 Å². The molecule has 8 heteroatoms. The zero-order valence-corrected chi connectivity index (χ0v) is 19.3. The molecule has 0 aromatic heterocycles. The number of hydrogen-bond donors (Lipinski definition) is 1. The molecule has 0 saturated carbocycles. The Morgan fingerprint density at radius 2 is 1.94 bits per heavy atom. The van der Waals surface area contributed by atoms with Crippen LogP contribution in [-0.2, 0) is 9.59 Å². The number of nitrogens with zero attached hydrogens (tertiary/aromatic N) is 3. The maximum Gasteiger partial charge on any atom is 0.229 e. The number of ether oxygens (including phenoxy) is 1. The summed E-state index contributed by atoms with van der Waals surface area (Å²) in [6.07, 6.45) is 0.175. The molecule has 0 unspecified atom stereocenters. The van der Waals surface area contributed by atoms with Crippen molar-refractivity contribution in [2.75, 3.05) is 61.5 Å². The van der Waals surface area contributed by atoms with E-state index in [-0.39, 0.29) is 18.2 Å². The molecule has 2 amide bonds. The lowest BCUT2D eigenvalue weighted by Crippen LogP contribution is -2.46. The van der Waals surface area contributed by atoms with Crippen molar-refractivity contribution in [2.24, 2.45) is 5.92 Å². The largest absolute Gasteiger partial charge is 0.497 e. The third-order valence-corrected chi connectivity index (χ3v) is 6.47. The second-order valence-corrected chi connectivity index (χ2v) is 8.62. The first kappa shape index (κ1) is 22.4. The van der Waals surface area contributed by atoms with Gasteiger partial charge in [-0.2, -0.15) is 0 Å². The van der Waals surface area contributed by atoms with E-state index in [4.69, 9.17) is 16.3 Å². The first-order chi connectivity index (χ1) is 15.5. The molecule has 7 nitrogen and oxygen atoms in total. The Balaban J connectivity index is 1.47. The van der Waals surface area contributed by atoms with Gasteiger partial charge < -0.3 is 24.8 Å². The number of likely N-dealkylation sites (N-methyl/N-ethyl adjacent to an activating group) is 1. The summed E-state index contributed by atoms with van der Waals surface area (Å²) in [5, 5.41) is 3.62. The number of anilines is 3. The van der Waals surface area contributed by atoms with Crippen molar-refractivity contribution in [1.29, 1.82) is 0 Å². The summed E-state index contributed by atoms with van der Waals surface area (Å²) in [5.41, 5.74) is 2.40. The van der Waals surface area contributed by atoms with Crippen LogP contribution in [0.5, 0.6) is 5.75 Å². The number of carbonyl (C=O) groups excluding carboxylic acids is 2. The topological polar surface area (TPSA) is 65.1 Å². The van der Waals surface area contributed by atoms with Gasteiger partial charge in [0.1, 0.15) is 5.75 Å². The zero-order chi connectivity index (χ0) is 22.7. The lowest BCUT2D eigenvalue weighted by Gasteiger charge is -2.36. The molecule has 2 saturated heterocycles. The summed E-state index contributed by atoms with van der Waals surface area (Å²) in [5.74, 6) is 0.00674. The van der Waals surface area contributed by atoms with Crippen LogP contribution in [0.2, 0.25) is 5.02 Å². The number of hydrogen-bond acceptors (Lipinski definition) is 5. The van der Waals surface area contributed by atoms with Crippen LogP contribution in [0.25, 0.3) is 0 Å². The summed E-state index contributed by atoms with van der Waals surface area (Å²) < 4.78 is 5.26. The minimum absolute atomic E-state index is 0.0691. The Kier molecular flexibility index (Phi) is 6.86. The summed E-state index contributed by atoms with van der Waals surface area (Å²) in [4.78, 5) is 32.1. The van der Waals surface area contributed by atoms with Crippen molar-refractivity contribution in [3.05, 3.63) is 47.5 Å². The van der Waals surface area contributed by atoms with E-state index in [0.29, 0.717) is 23.0 Å². The monoisotopic (exact) mass is 456 g/mol. The molecule has 2 aliphatic rings. The lowest BCUT2D eigenvalue weighted by molar-refractivity contribution is -0.122. The van der Waals surface area contributed by atoms with Crippen molar-refractivity contribution in [1.82, 2.24) is 4.90 Å². The maximum absolute atomic E-state index is 13.1. The number of piperazine rings is 1. The number of benzene rings is 2. The maximum atomic E-state index is 13.1. The molecular formula is C24H29ClN4O3. The van der Waals surface area contributed by atoms with E-state index in [1.807, 2.05) is 36.4 Å². The third-order valence-electron chi connectivity index (χ3n) is 6.24. The molecule has 0 bridgehead atoms. The van der Waals surface area contributed by atoms with Gasteiger partial charge in [0.2, 0.25) is 11.8 Å². The number of methoxy groups -OCH3 is 1. The van der Waals surface area contributed by atoms with Gasteiger partial charge in [-0.1, -0.05) is 24.6 Å². The molecular weight excluding hydrogens is 428 g/mol. The Bertz CT molecular complexity index is 991. The predicted molar refractivity (Wildman–Crippen MR) is 128 cm³/mol. The minimum atomic E-state index is -0.433. The number of carbonyl (C=O) groups is 2. The molecule has 2 aromatic carbocycles. The van der Waals surface area contributed by atoms with E-state index in [1.165, 1.54) is 0 Å². The number of nitrogens with one attached hydrogen (secondary N) is 1. The molecule has 2 fully saturated rings. The van der Waals surface area contributed by atoms with Gasteiger partial charge in [0.15, 0.2) is 0 Å². The fraction of sp³-hybridized carbons (Fsp3) is 0.417. The van der Waals surface area contributed by atoms with Gasteiger partial charge in [-0.15, -0.1) is 0 Å². The molecule has 32 heavy (non-hydrogen) atoms. The van der Waals surface area contributed by atoms with E-state index < -0.39 is 5.92 Å². The van der Waals surface area contributed by atoms with Crippen LogP contribution < -0.4 is 19.9 Å². The van der Waals surface area contributed by atoms with Gasteiger partial charge in [-0.05, 0) is 36.9 Å². The van der Waals surface area contributed by atoms with Gasteiger partial charge in [0.05, 0.1) is 24.4 Å². The second kappa shape index (κ2) is 9.79. The fourth-order valence-corrected chi connectivity index (χ4v) is 4.51. The van der Waals surface area contributed by atoms with E-state index in [1.54, 1.807) is 18.1 Å². The van der Waals surface area contributed by atoms with E-state index in [9.17, 15) is 9.59 Å². The summed E-state index contributed by atoms with van der Waals surface area (Å²) in [6.45, 7) is 7.30. The molecule has 2 heterocycles. The summed E-state index contributed by atoms with van der Waals surface area (Å²) in [7, 11) is 1.59. The highest BCUT2D eigenvalue weighted by Crippen LogP contribution is 2.32. The molecule has 2 aromatic rings. The Labute approximate surface area is 193 Å². The lowest BCUT2D eigenvalue weighted by atomic mass is 10.1. The molecule has 4 rings (SSSR count). The Hall–Kier alpha value is -2.77. The Morgan fingerprint density at radius 1 is 1.16 bits per heavy atom. The molecule has 0 spiro atoms. The molecule has 1 atom stereocenters. The van der Waals surface area contributed by atoms with Gasteiger partial charge in [0, 0.05) is 55.9 Å². The van der Waals surface area contributed by atoms with Crippen molar-refractivity contribution >= 4 is 40.5 Å². The van der Waals surface area contributed by atoms with Crippen LogP contribution in [0, 0.1) is 5.92 Å². The smallest absolute Gasteiger partial charge is 0.229 e. The van der Waals surface area contributed by atoms with Crippen LogP contribution in [0.4, 0.5) is 17.1 Å². The van der Waals surface area contributed by atoms with Crippen molar-refractivity contribution in [3.63, 3.8) is 0 Å². The van der Waals surface area contributed by atoms with Gasteiger partial charge in [-0.25, -0.2) is 0 Å². The van der Waals surface area contributed by atoms with E-state index >= 15 is 0 Å². The highest BCUT2D eigenvalue weighted by atomic mass is 35.5. The third kappa shape index (κ3) is 4.84. The minimum Gasteiger partial charge on any atom is -0.497 e. The quantitative estimate of drug-likeness (QED) is 0.720. The van der Waals surface area contributed by atoms with Crippen LogP contribution in [0.3, 0.4) is 0 Å². The van der Waals surface area contributed by atoms with Crippen LogP contribution >= 0.6 is 11.6 Å². The van der Waals surface area contributed by atoms with E-state index in [2.05, 4.69) is 22.0 Å². The molecule has 0 aliphatic carbocycles. The molecule has 2 aliphatic heterocycles. The number of amides is 2. The average molecular weight is 457 g/mol. The highest BCUT2D eigenvalue weighted by Gasteiger charge is 2.35. The molecule has 1 N–H and O–H groups in total. The SMILES string of the molecule is CCN1CCN(c2ccc(Cl)cc2NC(=O)[C@@H]2CC(=O)N(c3cccc(OC)c3)C2)CC1. The predicted octanol–water partition coefficient (Wildman–Crippen LogP) is 3.48. The van der Waals surface area contributed by atoms with Crippen molar-refractivity contribution in [3.8, 4) is 5.75 Å². The summed E-state index contributed by atoms with van der Waals surface area (Å²) in [6, 6.07) is 12.9. The molecule has 0 radical (unpaired) electrons. The fourth-order valence-electron chi connectivity index (χ4n) is 4.34. The Morgan fingerprint density at radius 3 is 2.66 bits per heavy atom. The van der Waals surface area contributed by atoms with Crippen LogP contribution in [-0.4, -0.2) is 63.1 Å². The molecule has 170 valence electrons. The van der Waals surface area contributed by atoms with Crippen molar-refractivity contribution < 1.29 is 14.3 Å². The first-order valence-electron chi connectivity index (χ1n) is 11.0. The van der Waals surface area contributed by atoms with Gasteiger partial charge in [-0.3, -0.25) is 9.59 Å². The standard InChI is InChI=1S/C24H29ClN4O3/c1-3-27-9-11-28(12-10-27)22-8-7-18(25)14-21(22)26-24(31)17-13-23(30)29(16-17)19-5-4-6-20(15-19)32-2/h4-8,14-15,17H,3,9-13,16H2,1-2H3,(H,26,31)/t17-/m1/s1.